The molecule has 55 heavy (non-hydrogen) atoms. The summed E-state index contributed by atoms with van der Waals surface area (Å²) in [6.45, 7) is 0. The maximum absolute atomic E-state index is 2.55. The summed E-state index contributed by atoms with van der Waals surface area (Å²) in [6.07, 6.45) is 4.96. The molecule has 0 saturated heterocycles. The number of nitrogens with zero attached hydrogens (tertiary/aromatic N) is 1. The van der Waals surface area contributed by atoms with Crippen molar-refractivity contribution >= 4 is 48.6 Å². The smallest absolute Gasteiger partial charge is 0.0540 e. The van der Waals surface area contributed by atoms with Crippen LogP contribution in [0.3, 0.4) is 0 Å². The molecule has 0 N–H and O–H groups in total. The van der Waals surface area contributed by atoms with E-state index in [0.29, 0.717) is 0 Å². The Balaban J connectivity index is 1.15. The Morgan fingerprint density at radius 3 is 1.73 bits per heavy atom. The first-order valence-corrected chi connectivity index (χ1v) is 20.4. The summed E-state index contributed by atoms with van der Waals surface area (Å²) in [5, 5.41) is 2.62. The highest BCUT2D eigenvalue weighted by Gasteiger charge is 2.45. The topological polar surface area (TPSA) is 3.24 Å². The lowest BCUT2D eigenvalue weighted by Crippen LogP contribution is -2.21. The summed E-state index contributed by atoms with van der Waals surface area (Å²) in [5.41, 5.74) is 16.8. The first-order chi connectivity index (χ1) is 27.3. The maximum Gasteiger partial charge on any atom is 0.0540 e. The molecule has 0 radical (unpaired) electrons. The molecule has 0 bridgehead atoms. The van der Waals surface area contributed by atoms with Gasteiger partial charge in [-0.25, -0.2) is 0 Å². The molecule has 2 heteroatoms. The van der Waals surface area contributed by atoms with E-state index < -0.39 is 0 Å². The van der Waals surface area contributed by atoms with Gasteiger partial charge in [0.15, 0.2) is 0 Å². The lowest BCUT2D eigenvalue weighted by molar-refractivity contribution is 0.550. The zero-order valence-electron chi connectivity index (χ0n) is 30.6. The van der Waals surface area contributed by atoms with E-state index in [0.717, 1.165) is 0 Å². The molecule has 0 amide bonds. The van der Waals surface area contributed by atoms with Crippen molar-refractivity contribution in [2.75, 3.05) is 4.90 Å². The zero-order chi connectivity index (χ0) is 36.3. The van der Waals surface area contributed by atoms with Crippen LogP contribution in [-0.4, -0.2) is 0 Å². The lowest BCUT2D eigenvalue weighted by Gasteiger charge is -2.31. The summed E-state index contributed by atoms with van der Waals surface area (Å²) in [7, 11) is 0. The lowest BCUT2D eigenvalue weighted by atomic mass is 9.76. The summed E-state index contributed by atoms with van der Waals surface area (Å²) in [6, 6.07) is 70.0. The third-order valence-corrected chi connectivity index (χ3v) is 13.4. The number of para-hydroxylation sites is 1. The van der Waals surface area contributed by atoms with E-state index in [1.807, 2.05) is 11.3 Å². The van der Waals surface area contributed by atoms with Crippen molar-refractivity contribution in [1.29, 1.82) is 0 Å². The van der Waals surface area contributed by atoms with Crippen LogP contribution in [-0.2, 0) is 5.41 Å². The van der Waals surface area contributed by atoms with E-state index >= 15 is 0 Å². The molecule has 9 aromatic rings. The molecule has 1 nitrogen and oxygen atoms in total. The maximum atomic E-state index is 2.55. The van der Waals surface area contributed by atoms with E-state index in [1.165, 1.54) is 119 Å². The number of fused-ring (bicyclic) bond motifs is 8. The third-order valence-electron chi connectivity index (χ3n) is 12.2. The Labute approximate surface area is 326 Å². The summed E-state index contributed by atoms with van der Waals surface area (Å²) >= 11 is 1.88. The number of anilines is 3. The van der Waals surface area contributed by atoms with Crippen molar-refractivity contribution in [2.45, 2.75) is 31.1 Å². The number of rotatable bonds is 6. The van der Waals surface area contributed by atoms with Crippen LogP contribution in [0.2, 0.25) is 0 Å². The average molecular weight is 722 g/mol. The van der Waals surface area contributed by atoms with Crippen LogP contribution in [0.25, 0.3) is 64.7 Å². The Morgan fingerprint density at radius 1 is 0.382 bits per heavy atom. The van der Waals surface area contributed by atoms with Crippen molar-refractivity contribution in [3.8, 4) is 44.5 Å². The molecule has 0 aliphatic heterocycles. The predicted molar refractivity (Wildman–Crippen MR) is 235 cm³/mol. The first-order valence-electron chi connectivity index (χ1n) is 19.6. The molecular weight excluding hydrogens is 683 g/mol. The second-order valence-corrected chi connectivity index (χ2v) is 16.2. The molecule has 0 unspecified atom stereocenters. The molecule has 0 atom stereocenters. The second-order valence-electron chi connectivity index (χ2n) is 15.2. The fourth-order valence-corrected chi connectivity index (χ4v) is 10.9. The highest BCUT2D eigenvalue weighted by atomic mass is 32.1. The average Bonchev–Trinajstić information content (AvgIpc) is 3.97. The Morgan fingerprint density at radius 2 is 0.927 bits per heavy atom. The fraction of sp³-hybridized carbons (Fsp3) is 0.0943. The third kappa shape index (κ3) is 5.13. The highest BCUT2D eigenvalue weighted by Crippen LogP contribution is 2.58. The van der Waals surface area contributed by atoms with Gasteiger partial charge in [-0.1, -0.05) is 158 Å². The van der Waals surface area contributed by atoms with Gasteiger partial charge < -0.3 is 4.90 Å². The van der Waals surface area contributed by atoms with E-state index in [1.54, 1.807) is 0 Å². The molecule has 1 aromatic heterocycles. The van der Waals surface area contributed by atoms with Crippen molar-refractivity contribution in [1.82, 2.24) is 0 Å². The van der Waals surface area contributed by atoms with Crippen LogP contribution < -0.4 is 4.90 Å². The van der Waals surface area contributed by atoms with Gasteiger partial charge in [0.1, 0.15) is 0 Å². The van der Waals surface area contributed by atoms with Gasteiger partial charge in [0.05, 0.1) is 5.69 Å². The second kappa shape index (κ2) is 13.0. The van der Waals surface area contributed by atoms with Crippen molar-refractivity contribution in [2.24, 2.45) is 0 Å². The van der Waals surface area contributed by atoms with Gasteiger partial charge >= 0.3 is 0 Å². The molecule has 1 heterocycles. The Kier molecular flexibility index (Phi) is 7.60. The number of thiophene rings is 1. The van der Waals surface area contributed by atoms with Crippen LogP contribution in [0.4, 0.5) is 17.1 Å². The van der Waals surface area contributed by atoms with Gasteiger partial charge in [-0.15, -0.1) is 11.3 Å². The Bertz CT molecular complexity index is 2890. The van der Waals surface area contributed by atoms with Crippen LogP contribution in [0, 0.1) is 0 Å². The highest BCUT2D eigenvalue weighted by molar-refractivity contribution is 7.25. The molecule has 11 rings (SSSR count). The van der Waals surface area contributed by atoms with Crippen LogP contribution >= 0.6 is 11.3 Å². The van der Waals surface area contributed by atoms with Crippen LogP contribution in [0.5, 0.6) is 0 Å². The van der Waals surface area contributed by atoms with Gasteiger partial charge in [0.2, 0.25) is 0 Å². The van der Waals surface area contributed by atoms with Crippen LogP contribution in [0.15, 0.2) is 188 Å². The minimum Gasteiger partial charge on any atom is -0.310 e. The SMILES string of the molecule is c1ccc(-c2ccccc2-c2ccccc2-c2ccccc2N(c2ccc3c(c2)C2(CCCC2)c2ccccc2-3)c2ccc3sc4ccccc4c3c2)cc1. The molecular formula is C53H39NS. The minimum atomic E-state index is 0.0778. The predicted octanol–water partition coefficient (Wildman–Crippen LogP) is 15.4. The van der Waals surface area contributed by atoms with Gasteiger partial charge in [-0.2, -0.15) is 0 Å². The fourth-order valence-electron chi connectivity index (χ4n) is 9.82. The minimum absolute atomic E-state index is 0.0778. The summed E-state index contributed by atoms with van der Waals surface area (Å²) in [4.78, 5) is 2.53. The molecule has 2 aliphatic rings. The Hall–Kier alpha value is -6.22. The normalized spacial score (nSPS) is 14.0. The van der Waals surface area contributed by atoms with E-state index in [9.17, 15) is 0 Å². The quantitative estimate of drug-likeness (QED) is 0.165. The largest absolute Gasteiger partial charge is 0.310 e. The van der Waals surface area contributed by atoms with Crippen LogP contribution in [0.1, 0.15) is 36.8 Å². The van der Waals surface area contributed by atoms with Crippen molar-refractivity contribution in [3.05, 3.63) is 199 Å². The molecule has 1 saturated carbocycles. The van der Waals surface area contributed by atoms with Crippen molar-refractivity contribution in [3.63, 3.8) is 0 Å². The molecule has 1 fully saturated rings. The molecule has 2 aliphatic carbocycles. The molecule has 8 aromatic carbocycles. The summed E-state index contributed by atoms with van der Waals surface area (Å²) in [5.74, 6) is 0. The molecule has 1 spiro atoms. The number of benzene rings is 8. The molecule has 262 valence electrons. The monoisotopic (exact) mass is 721 g/mol. The van der Waals surface area contributed by atoms with E-state index in [-0.39, 0.29) is 5.41 Å². The standard InChI is InChI=1S/C53H39NS/c1-2-16-36(17-3-1)39-18-4-5-19-40(39)41-20-6-7-21-42(41)45-23-9-12-26-50(45)54(37-29-31-52-47(34-37)46-24-10-13-27-51(46)55-52)38-28-30-44-43-22-8-11-25-48(43)53(49(44)35-38)32-14-15-33-53/h1-13,16-31,34-35H,14-15,32-33H2. The zero-order valence-corrected chi connectivity index (χ0v) is 31.4. The van der Waals surface area contributed by atoms with Gasteiger partial charge in [-0.05, 0) is 105 Å². The van der Waals surface area contributed by atoms with E-state index in [2.05, 4.69) is 193 Å². The van der Waals surface area contributed by atoms with Gasteiger partial charge in [0, 0.05) is 42.5 Å². The van der Waals surface area contributed by atoms with Crippen molar-refractivity contribution < 1.29 is 0 Å². The number of hydrogen-bond donors (Lipinski definition) is 0. The van der Waals surface area contributed by atoms with E-state index in [4.69, 9.17) is 0 Å². The van der Waals surface area contributed by atoms with Gasteiger partial charge in [-0.3, -0.25) is 0 Å². The number of hydrogen-bond acceptors (Lipinski definition) is 2. The first kappa shape index (κ1) is 32.2. The van der Waals surface area contributed by atoms with Gasteiger partial charge in [0.25, 0.3) is 0 Å². The summed E-state index contributed by atoms with van der Waals surface area (Å²) < 4.78 is 2.64.